The summed E-state index contributed by atoms with van der Waals surface area (Å²) in [5.74, 6) is 0.800. The summed E-state index contributed by atoms with van der Waals surface area (Å²) >= 11 is 3.35. The molecule has 88 valence electrons. The smallest absolute Gasteiger partial charge is 0.233 e. The minimum atomic E-state index is -0.0244. The maximum absolute atomic E-state index is 10.9. The van der Waals surface area contributed by atoms with E-state index in [9.17, 15) is 4.79 Å². The molecule has 1 amide bonds. The second-order valence-corrected chi connectivity index (χ2v) is 4.07. The van der Waals surface area contributed by atoms with Crippen LogP contribution in [-0.2, 0) is 4.79 Å². The van der Waals surface area contributed by atoms with Crippen molar-refractivity contribution in [2.24, 2.45) is 0 Å². The van der Waals surface area contributed by atoms with Crippen LogP contribution in [0.25, 0.3) is 0 Å². The predicted molar refractivity (Wildman–Crippen MR) is 66.6 cm³/mol. The Labute approximate surface area is 103 Å². The molecule has 0 fully saturated rings. The quantitative estimate of drug-likeness (QED) is 0.772. The van der Waals surface area contributed by atoms with Gasteiger partial charge in [-0.05, 0) is 24.3 Å². The average molecular weight is 287 g/mol. The van der Waals surface area contributed by atoms with Crippen molar-refractivity contribution in [2.75, 3.05) is 26.7 Å². The number of nitrogens with one attached hydrogen (secondary N) is 2. The average Bonchev–Trinajstić information content (AvgIpc) is 2.31. The lowest BCUT2D eigenvalue weighted by molar-refractivity contribution is -0.119. The van der Waals surface area contributed by atoms with Gasteiger partial charge in [0.1, 0.15) is 12.4 Å². The summed E-state index contributed by atoms with van der Waals surface area (Å²) in [6.45, 7) is 1.50. The summed E-state index contributed by atoms with van der Waals surface area (Å²) in [5.41, 5.74) is 0. The fraction of sp³-hybridized carbons (Fsp3) is 0.364. The number of benzene rings is 1. The highest BCUT2D eigenvalue weighted by molar-refractivity contribution is 9.10. The normalized spacial score (nSPS) is 9.88. The second-order valence-electron chi connectivity index (χ2n) is 3.15. The van der Waals surface area contributed by atoms with Crippen LogP contribution in [0.15, 0.2) is 28.7 Å². The number of carbonyl (C=O) groups is 1. The third kappa shape index (κ3) is 5.14. The van der Waals surface area contributed by atoms with Crippen molar-refractivity contribution in [3.63, 3.8) is 0 Å². The number of carbonyl (C=O) groups excluding carboxylic acids is 1. The van der Waals surface area contributed by atoms with Crippen molar-refractivity contribution < 1.29 is 9.53 Å². The maximum Gasteiger partial charge on any atom is 0.233 e. The Balaban J connectivity index is 2.11. The Kier molecular flexibility index (Phi) is 5.88. The molecule has 0 aliphatic heterocycles. The van der Waals surface area contributed by atoms with Crippen LogP contribution in [0.5, 0.6) is 5.75 Å². The van der Waals surface area contributed by atoms with Gasteiger partial charge >= 0.3 is 0 Å². The van der Waals surface area contributed by atoms with Crippen LogP contribution in [0.3, 0.4) is 0 Å². The summed E-state index contributed by atoms with van der Waals surface area (Å²) in [6, 6.07) is 7.63. The molecule has 2 N–H and O–H groups in total. The van der Waals surface area contributed by atoms with Crippen molar-refractivity contribution in [2.45, 2.75) is 0 Å². The van der Waals surface area contributed by atoms with Crippen LogP contribution in [0.1, 0.15) is 0 Å². The van der Waals surface area contributed by atoms with Crippen molar-refractivity contribution >= 4 is 21.8 Å². The van der Waals surface area contributed by atoms with Gasteiger partial charge in [-0.1, -0.05) is 15.9 Å². The molecular weight excluding hydrogens is 272 g/mol. The molecule has 0 saturated carbocycles. The van der Waals surface area contributed by atoms with Gasteiger partial charge in [-0.15, -0.1) is 0 Å². The van der Waals surface area contributed by atoms with Gasteiger partial charge in [0, 0.05) is 18.1 Å². The van der Waals surface area contributed by atoms with Crippen LogP contribution < -0.4 is 15.4 Å². The van der Waals surface area contributed by atoms with Gasteiger partial charge in [-0.3, -0.25) is 4.79 Å². The van der Waals surface area contributed by atoms with Crippen molar-refractivity contribution in [1.82, 2.24) is 10.6 Å². The van der Waals surface area contributed by atoms with Crippen molar-refractivity contribution in [3.05, 3.63) is 28.7 Å². The van der Waals surface area contributed by atoms with Crippen molar-refractivity contribution in [3.8, 4) is 5.75 Å². The Hall–Kier alpha value is -1.07. The lowest BCUT2D eigenvalue weighted by Crippen LogP contribution is -2.33. The minimum Gasteiger partial charge on any atom is -0.492 e. The summed E-state index contributed by atoms with van der Waals surface area (Å²) in [5, 5.41) is 5.50. The molecule has 0 unspecified atom stereocenters. The standard InChI is InChI=1S/C11H15BrN2O2/c1-13-11(15)8-14-6-7-16-10-4-2-9(12)3-5-10/h2-5,14H,6-8H2,1H3,(H,13,15). The fourth-order valence-electron chi connectivity index (χ4n) is 1.06. The third-order valence-corrected chi connectivity index (χ3v) is 2.45. The van der Waals surface area contributed by atoms with E-state index in [0.717, 1.165) is 10.2 Å². The largest absolute Gasteiger partial charge is 0.492 e. The second kappa shape index (κ2) is 7.24. The zero-order chi connectivity index (χ0) is 11.8. The van der Waals surface area contributed by atoms with Crippen molar-refractivity contribution in [1.29, 1.82) is 0 Å². The zero-order valence-corrected chi connectivity index (χ0v) is 10.7. The Morgan fingerprint density at radius 2 is 2.06 bits per heavy atom. The number of ether oxygens (including phenoxy) is 1. The SMILES string of the molecule is CNC(=O)CNCCOc1ccc(Br)cc1. The molecule has 0 aliphatic carbocycles. The number of hydrogen-bond acceptors (Lipinski definition) is 3. The van der Waals surface area contributed by atoms with Gasteiger partial charge in [-0.25, -0.2) is 0 Å². The molecule has 0 saturated heterocycles. The molecule has 0 bridgehead atoms. The summed E-state index contributed by atoms with van der Waals surface area (Å²) in [4.78, 5) is 10.9. The van der Waals surface area contributed by atoms with E-state index in [1.807, 2.05) is 24.3 Å². The summed E-state index contributed by atoms with van der Waals surface area (Å²) < 4.78 is 6.49. The fourth-order valence-corrected chi connectivity index (χ4v) is 1.33. The molecule has 0 heterocycles. The first-order valence-electron chi connectivity index (χ1n) is 5.02. The van der Waals surface area contributed by atoms with Gasteiger partial charge in [-0.2, -0.15) is 0 Å². The zero-order valence-electron chi connectivity index (χ0n) is 9.13. The van der Waals surface area contributed by atoms with Gasteiger partial charge < -0.3 is 15.4 Å². The number of halogens is 1. The maximum atomic E-state index is 10.9. The van der Waals surface area contributed by atoms with E-state index >= 15 is 0 Å². The number of rotatable bonds is 6. The molecule has 0 atom stereocenters. The first kappa shape index (κ1) is 13.0. The van der Waals surface area contributed by atoms with E-state index in [0.29, 0.717) is 19.7 Å². The molecule has 0 spiro atoms. The highest BCUT2D eigenvalue weighted by Crippen LogP contribution is 2.15. The van der Waals surface area contributed by atoms with E-state index in [4.69, 9.17) is 4.74 Å². The topological polar surface area (TPSA) is 50.4 Å². The van der Waals surface area contributed by atoms with Gasteiger partial charge in [0.25, 0.3) is 0 Å². The number of amides is 1. The first-order chi connectivity index (χ1) is 7.72. The Morgan fingerprint density at radius 1 is 1.38 bits per heavy atom. The van der Waals surface area contributed by atoms with E-state index in [2.05, 4.69) is 26.6 Å². The Morgan fingerprint density at radius 3 is 2.69 bits per heavy atom. The molecule has 1 aromatic rings. The lowest BCUT2D eigenvalue weighted by Gasteiger charge is -2.07. The van der Waals surface area contributed by atoms with Crippen LogP contribution in [0.4, 0.5) is 0 Å². The molecule has 4 nitrogen and oxygen atoms in total. The van der Waals surface area contributed by atoms with Gasteiger partial charge in [0.2, 0.25) is 5.91 Å². The third-order valence-electron chi connectivity index (χ3n) is 1.93. The molecule has 1 aromatic carbocycles. The van der Waals surface area contributed by atoms with E-state index < -0.39 is 0 Å². The Bertz CT molecular complexity index is 327. The highest BCUT2D eigenvalue weighted by atomic mass is 79.9. The van der Waals surface area contributed by atoms with E-state index in [1.54, 1.807) is 7.05 Å². The van der Waals surface area contributed by atoms with Gasteiger partial charge in [0.15, 0.2) is 0 Å². The molecule has 0 radical (unpaired) electrons. The predicted octanol–water partition coefficient (Wildman–Crippen LogP) is 1.16. The number of hydrogen-bond donors (Lipinski definition) is 2. The van der Waals surface area contributed by atoms with Crippen LogP contribution in [0.2, 0.25) is 0 Å². The monoisotopic (exact) mass is 286 g/mol. The lowest BCUT2D eigenvalue weighted by atomic mass is 10.3. The molecular formula is C11H15BrN2O2. The molecule has 1 rings (SSSR count). The van der Waals surface area contributed by atoms with E-state index in [1.165, 1.54) is 0 Å². The van der Waals surface area contributed by atoms with Crippen LogP contribution in [0, 0.1) is 0 Å². The molecule has 5 heteroatoms. The van der Waals surface area contributed by atoms with E-state index in [-0.39, 0.29) is 5.91 Å². The first-order valence-corrected chi connectivity index (χ1v) is 5.81. The molecule has 16 heavy (non-hydrogen) atoms. The van der Waals surface area contributed by atoms with Gasteiger partial charge in [0.05, 0.1) is 6.54 Å². The summed E-state index contributed by atoms with van der Waals surface area (Å²) in [6.07, 6.45) is 0. The van der Waals surface area contributed by atoms with Crippen LogP contribution >= 0.6 is 15.9 Å². The summed E-state index contributed by atoms with van der Waals surface area (Å²) in [7, 11) is 1.61. The highest BCUT2D eigenvalue weighted by Gasteiger charge is 1.96. The molecule has 0 aliphatic rings. The minimum absolute atomic E-state index is 0.0244. The van der Waals surface area contributed by atoms with Crippen LogP contribution in [-0.4, -0.2) is 32.7 Å². The number of likely N-dealkylation sites (N-methyl/N-ethyl adjacent to an activating group) is 1. The molecule has 0 aromatic heterocycles.